The predicted octanol–water partition coefficient (Wildman–Crippen LogP) is 1.23. The van der Waals surface area contributed by atoms with Gasteiger partial charge in [0.05, 0.1) is 19.1 Å². The summed E-state index contributed by atoms with van der Waals surface area (Å²) in [5.74, 6) is -0.543. The number of alkyl carbamates (subject to hydrolysis) is 1. The quantitative estimate of drug-likeness (QED) is 0.544. The molecule has 3 N–H and O–H groups in total. The standard InChI is InChI=1S/C16H28N4O4/c1-16(2,3)24-15(22)19-13(14(21)23-4)9-12-10-20(11-18-12)8-6-5-7-17/h10-11,13H,5-9,17H2,1-4H3,(H,19,22)/t13-/m0/s1. The Hall–Kier alpha value is -2.09. The highest BCUT2D eigenvalue weighted by Gasteiger charge is 2.26. The lowest BCUT2D eigenvalue weighted by Gasteiger charge is -2.22. The topological polar surface area (TPSA) is 108 Å². The summed E-state index contributed by atoms with van der Waals surface area (Å²) >= 11 is 0. The minimum Gasteiger partial charge on any atom is -0.467 e. The van der Waals surface area contributed by atoms with E-state index in [9.17, 15) is 9.59 Å². The maximum absolute atomic E-state index is 11.9. The fourth-order valence-electron chi connectivity index (χ4n) is 2.07. The molecule has 0 aliphatic rings. The zero-order valence-electron chi connectivity index (χ0n) is 14.9. The predicted molar refractivity (Wildman–Crippen MR) is 89.4 cm³/mol. The molecule has 0 aliphatic heterocycles. The van der Waals surface area contributed by atoms with Crippen molar-refractivity contribution in [3.8, 4) is 0 Å². The number of hydrogen-bond acceptors (Lipinski definition) is 6. The molecule has 8 heteroatoms. The van der Waals surface area contributed by atoms with E-state index in [1.54, 1.807) is 27.1 Å². The lowest BCUT2D eigenvalue weighted by molar-refractivity contribution is -0.143. The van der Waals surface area contributed by atoms with Gasteiger partial charge in [0.1, 0.15) is 11.6 Å². The van der Waals surface area contributed by atoms with E-state index in [-0.39, 0.29) is 6.42 Å². The molecule has 1 heterocycles. The Labute approximate surface area is 142 Å². The third-order valence-corrected chi connectivity index (χ3v) is 3.15. The van der Waals surface area contributed by atoms with Crippen molar-refractivity contribution in [1.29, 1.82) is 0 Å². The minimum absolute atomic E-state index is 0.232. The molecular formula is C16H28N4O4. The number of methoxy groups -OCH3 is 1. The van der Waals surface area contributed by atoms with Gasteiger partial charge in [-0.2, -0.15) is 0 Å². The van der Waals surface area contributed by atoms with Crippen molar-refractivity contribution in [3.63, 3.8) is 0 Å². The number of carbonyl (C=O) groups is 2. The molecule has 1 rings (SSSR count). The number of ether oxygens (including phenoxy) is 2. The zero-order chi connectivity index (χ0) is 18.2. The first-order valence-corrected chi connectivity index (χ1v) is 8.03. The number of aromatic nitrogens is 2. The van der Waals surface area contributed by atoms with Crippen molar-refractivity contribution in [3.05, 3.63) is 18.2 Å². The summed E-state index contributed by atoms with van der Waals surface area (Å²) in [5, 5.41) is 2.53. The van der Waals surface area contributed by atoms with Crippen LogP contribution >= 0.6 is 0 Å². The van der Waals surface area contributed by atoms with Crippen LogP contribution in [0.15, 0.2) is 12.5 Å². The van der Waals surface area contributed by atoms with Crippen LogP contribution in [0.5, 0.6) is 0 Å². The number of nitrogens with zero attached hydrogens (tertiary/aromatic N) is 2. The van der Waals surface area contributed by atoms with Gasteiger partial charge in [-0.3, -0.25) is 0 Å². The second-order valence-corrected chi connectivity index (χ2v) is 6.52. The summed E-state index contributed by atoms with van der Waals surface area (Å²) < 4.78 is 11.9. The highest BCUT2D eigenvalue weighted by atomic mass is 16.6. The maximum Gasteiger partial charge on any atom is 0.408 e. The first-order chi connectivity index (χ1) is 11.2. The van der Waals surface area contributed by atoms with Crippen LogP contribution in [0.4, 0.5) is 4.79 Å². The Morgan fingerprint density at radius 2 is 2.08 bits per heavy atom. The van der Waals surface area contributed by atoms with Crippen LogP contribution in [0.3, 0.4) is 0 Å². The smallest absolute Gasteiger partial charge is 0.408 e. The Kier molecular flexibility index (Phi) is 7.70. The van der Waals surface area contributed by atoms with Gasteiger partial charge >= 0.3 is 12.1 Å². The Morgan fingerprint density at radius 3 is 2.67 bits per heavy atom. The number of esters is 1. The molecule has 0 saturated heterocycles. The van der Waals surface area contributed by atoms with Crippen LogP contribution in [0.1, 0.15) is 39.3 Å². The van der Waals surface area contributed by atoms with E-state index in [1.807, 2.05) is 10.8 Å². The molecule has 1 aromatic heterocycles. The number of amides is 1. The van der Waals surface area contributed by atoms with Crippen LogP contribution < -0.4 is 11.1 Å². The van der Waals surface area contributed by atoms with Crippen molar-refractivity contribution < 1.29 is 19.1 Å². The first-order valence-electron chi connectivity index (χ1n) is 8.03. The molecule has 0 saturated carbocycles. The molecule has 1 amide bonds. The average molecular weight is 340 g/mol. The number of unbranched alkanes of at least 4 members (excludes halogenated alkanes) is 1. The van der Waals surface area contributed by atoms with E-state index < -0.39 is 23.7 Å². The average Bonchev–Trinajstić information content (AvgIpc) is 2.91. The molecule has 0 aliphatic carbocycles. The number of carbonyl (C=O) groups excluding carboxylic acids is 2. The van der Waals surface area contributed by atoms with Crippen molar-refractivity contribution in [2.75, 3.05) is 13.7 Å². The summed E-state index contributed by atoms with van der Waals surface area (Å²) in [6.45, 7) is 6.73. The molecule has 0 unspecified atom stereocenters. The Morgan fingerprint density at radius 1 is 1.38 bits per heavy atom. The highest BCUT2D eigenvalue weighted by molar-refractivity contribution is 5.81. The molecule has 24 heavy (non-hydrogen) atoms. The van der Waals surface area contributed by atoms with Gasteiger partial charge in [-0.15, -0.1) is 0 Å². The van der Waals surface area contributed by atoms with Gasteiger partial charge < -0.3 is 25.1 Å². The van der Waals surface area contributed by atoms with E-state index in [4.69, 9.17) is 15.2 Å². The summed E-state index contributed by atoms with van der Waals surface area (Å²) in [4.78, 5) is 28.0. The largest absolute Gasteiger partial charge is 0.467 e. The number of nitrogens with two attached hydrogens (primary N) is 1. The third kappa shape index (κ3) is 7.45. The summed E-state index contributed by atoms with van der Waals surface area (Å²) in [6.07, 6.45) is 5.02. The fourth-order valence-corrected chi connectivity index (χ4v) is 2.07. The maximum atomic E-state index is 11.9. The van der Waals surface area contributed by atoms with Crippen molar-refractivity contribution >= 4 is 12.1 Å². The van der Waals surface area contributed by atoms with Gasteiger partial charge in [0.2, 0.25) is 0 Å². The third-order valence-electron chi connectivity index (χ3n) is 3.15. The zero-order valence-corrected chi connectivity index (χ0v) is 14.9. The number of rotatable bonds is 8. The molecule has 0 aromatic carbocycles. The second kappa shape index (κ2) is 9.27. The molecule has 0 fully saturated rings. The van der Waals surface area contributed by atoms with E-state index in [2.05, 4.69) is 10.3 Å². The fraction of sp³-hybridized carbons (Fsp3) is 0.688. The number of nitrogens with one attached hydrogen (secondary N) is 1. The molecule has 8 nitrogen and oxygen atoms in total. The van der Waals surface area contributed by atoms with Crippen LogP contribution in [0.2, 0.25) is 0 Å². The van der Waals surface area contributed by atoms with Crippen LogP contribution in [-0.2, 0) is 27.2 Å². The van der Waals surface area contributed by atoms with Crippen LogP contribution in [0, 0.1) is 0 Å². The van der Waals surface area contributed by atoms with Gasteiger partial charge in [0, 0.05) is 19.2 Å². The molecule has 1 atom stereocenters. The van der Waals surface area contributed by atoms with Crippen LogP contribution in [0.25, 0.3) is 0 Å². The number of imidazole rings is 1. The minimum atomic E-state index is -0.850. The van der Waals surface area contributed by atoms with Crippen molar-refractivity contribution in [1.82, 2.24) is 14.9 Å². The van der Waals surface area contributed by atoms with Gasteiger partial charge in [-0.05, 0) is 40.2 Å². The van der Waals surface area contributed by atoms with Gasteiger partial charge in [-0.25, -0.2) is 14.6 Å². The lowest BCUT2D eigenvalue weighted by atomic mass is 10.1. The molecule has 136 valence electrons. The highest BCUT2D eigenvalue weighted by Crippen LogP contribution is 2.09. The molecule has 0 spiro atoms. The molecule has 0 bridgehead atoms. The monoisotopic (exact) mass is 340 g/mol. The molecule has 0 radical (unpaired) electrons. The van der Waals surface area contributed by atoms with E-state index in [1.165, 1.54) is 7.11 Å². The van der Waals surface area contributed by atoms with Gasteiger partial charge in [0.15, 0.2) is 0 Å². The Bertz CT molecular complexity index is 536. The van der Waals surface area contributed by atoms with Crippen LogP contribution in [-0.4, -0.2) is 46.9 Å². The SMILES string of the molecule is COC(=O)[C@H](Cc1cn(CCCCN)cn1)NC(=O)OC(C)(C)C. The van der Waals surface area contributed by atoms with Crippen molar-refractivity contribution in [2.24, 2.45) is 5.73 Å². The van der Waals surface area contributed by atoms with Gasteiger partial charge in [0.25, 0.3) is 0 Å². The Balaban J connectivity index is 2.66. The normalized spacial score (nSPS) is 12.5. The molecule has 1 aromatic rings. The molecular weight excluding hydrogens is 312 g/mol. The summed E-state index contributed by atoms with van der Waals surface area (Å²) in [6, 6.07) is -0.850. The lowest BCUT2D eigenvalue weighted by Crippen LogP contribution is -2.45. The van der Waals surface area contributed by atoms with Crippen molar-refractivity contribution in [2.45, 2.75) is 58.2 Å². The van der Waals surface area contributed by atoms with E-state index in [0.717, 1.165) is 19.4 Å². The van der Waals surface area contributed by atoms with E-state index >= 15 is 0 Å². The van der Waals surface area contributed by atoms with Gasteiger partial charge in [-0.1, -0.05) is 0 Å². The summed E-state index contributed by atoms with van der Waals surface area (Å²) in [7, 11) is 1.28. The number of hydrogen-bond donors (Lipinski definition) is 2. The first kappa shape index (κ1) is 20.0. The summed E-state index contributed by atoms with van der Waals surface area (Å²) in [5.41, 5.74) is 5.52. The van der Waals surface area contributed by atoms with E-state index in [0.29, 0.717) is 12.2 Å². The second-order valence-electron chi connectivity index (χ2n) is 6.52. The number of aryl methyl sites for hydroxylation is 1.